The largest absolute Gasteiger partial charge is 0.349 e. The molecule has 3 aromatic rings. The molecule has 0 aliphatic heterocycles. The number of nitrogens with zero attached hydrogens (tertiary/aromatic N) is 3. The fourth-order valence-corrected chi connectivity index (χ4v) is 4.32. The maximum absolute atomic E-state index is 12.8. The van der Waals surface area contributed by atoms with E-state index in [1.165, 1.54) is 11.3 Å². The van der Waals surface area contributed by atoms with E-state index in [-0.39, 0.29) is 17.5 Å². The first kappa shape index (κ1) is 20.5. The molecule has 150 valence electrons. The van der Waals surface area contributed by atoms with Crippen LogP contribution in [0.3, 0.4) is 0 Å². The Morgan fingerprint density at radius 2 is 2.11 bits per heavy atom. The van der Waals surface area contributed by atoms with Crippen LogP contribution in [0.4, 0.5) is 0 Å². The first-order valence-electron chi connectivity index (χ1n) is 9.89. The molecule has 0 spiro atoms. The van der Waals surface area contributed by atoms with Crippen LogP contribution in [0.2, 0.25) is 0 Å². The summed E-state index contributed by atoms with van der Waals surface area (Å²) in [4.78, 5) is 33.5. The predicted octanol–water partition coefficient (Wildman–Crippen LogP) is 3.46. The minimum atomic E-state index is -0.136. The molecule has 3 aromatic heterocycles. The first-order valence-corrected chi connectivity index (χ1v) is 10.7. The van der Waals surface area contributed by atoms with Gasteiger partial charge in [0, 0.05) is 12.2 Å². The molecule has 1 atom stereocenters. The van der Waals surface area contributed by atoms with Crippen molar-refractivity contribution in [2.75, 3.05) is 19.6 Å². The third-order valence-electron chi connectivity index (χ3n) is 5.14. The first-order chi connectivity index (χ1) is 13.4. The van der Waals surface area contributed by atoms with Crippen molar-refractivity contribution in [2.45, 2.75) is 46.6 Å². The Bertz CT molecular complexity index is 1040. The van der Waals surface area contributed by atoms with Crippen molar-refractivity contribution in [1.82, 2.24) is 19.6 Å². The van der Waals surface area contributed by atoms with Gasteiger partial charge in [-0.15, -0.1) is 11.3 Å². The summed E-state index contributed by atoms with van der Waals surface area (Å²) in [5.74, 6) is -0.136. The highest BCUT2D eigenvalue weighted by molar-refractivity contribution is 7.20. The van der Waals surface area contributed by atoms with Crippen LogP contribution in [0.25, 0.3) is 15.9 Å². The number of rotatable bonds is 8. The van der Waals surface area contributed by atoms with E-state index in [0.29, 0.717) is 20.7 Å². The number of carbonyl (C=O) groups excluding carboxylic acids is 1. The molecule has 0 aliphatic rings. The number of hydrogen-bond acceptors (Lipinski definition) is 5. The number of fused-ring (bicyclic) bond motifs is 2. The molecule has 1 N–H and O–H groups in total. The number of hydrogen-bond donors (Lipinski definition) is 1. The fraction of sp³-hybridized carbons (Fsp3) is 0.476. The van der Waals surface area contributed by atoms with Crippen LogP contribution < -0.4 is 10.9 Å². The van der Waals surface area contributed by atoms with Gasteiger partial charge in [-0.1, -0.05) is 19.9 Å². The third kappa shape index (κ3) is 4.25. The summed E-state index contributed by atoms with van der Waals surface area (Å²) in [6, 6.07) is 5.51. The van der Waals surface area contributed by atoms with Gasteiger partial charge in [0.2, 0.25) is 0 Å². The molecule has 0 bridgehead atoms. The van der Waals surface area contributed by atoms with Crippen LogP contribution in [0.15, 0.2) is 29.2 Å². The lowest BCUT2D eigenvalue weighted by Gasteiger charge is -2.19. The van der Waals surface area contributed by atoms with Gasteiger partial charge in [-0.2, -0.15) is 0 Å². The monoisotopic (exact) mass is 400 g/mol. The molecule has 0 aromatic carbocycles. The van der Waals surface area contributed by atoms with E-state index in [9.17, 15) is 9.59 Å². The maximum Gasteiger partial charge on any atom is 0.266 e. The van der Waals surface area contributed by atoms with E-state index in [1.54, 1.807) is 16.7 Å². The van der Waals surface area contributed by atoms with E-state index in [0.717, 1.165) is 38.0 Å². The van der Waals surface area contributed by atoms with Crippen molar-refractivity contribution in [3.63, 3.8) is 0 Å². The normalized spacial score (nSPS) is 12.8. The number of carbonyl (C=O) groups is 1. The molecule has 3 rings (SSSR count). The van der Waals surface area contributed by atoms with Gasteiger partial charge in [-0.3, -0.25) is 14.0 Å². The lowest BCUT2D eigenvalue weighted by Crippen LogP contribution is -2.33. The Morgan fingerprint density at radius 1 is 1.36 bits per heavy atom. The lowest BCUT2D eigenvalue weighted by atomic mass is 10.1. The second-order valence-electron chi connectivity index (χ2n) is 7.17. The van der Waals surface area contributed by atoms with Crippen LogP contribution in [-0.4, -0.2) is 45.9 Å². The van der Waals surface area contributed by atoms with Crippen molar-refractivity contribution in [2.24, 2.45) is 0 Å². The topological polar surface area (TPSA) is 66.7 Å². The molecule has 1 amide bonds. The zero-order valence-corrected chi connectivity index (χ0v) is 17.8. The summed E-state index contributed by atoms with van der Waals surface area (Å²) in [5.41, 5.74) is 1.44. The van der Waals surface area contributed by atoms with Crippen LogP contribution in [0, 0.1) is 6.92 Å². The molecule has 0 aliphatic carbocycles. The van der Waals surface area contributed by atoms with Crippen LogP contribution >= 0.6 is 11.3 Å². The molecule has 28 heavy (non-hydrogen) atoms. The van der Waals surface area contributed by atoms with Gasteiger partial charge in [-0.05, 0) is 64.0 Å². The number of pyridine rings is 1. The van der Waals surface area contributed by atoms with Gasteiger partial charge in [0.25, 0.3) is 11.5 Å². The van der Waals surface area contributed by atoms with E-state index >= 15 is 0 Å². The average Bonchev–Trinajstić information content (AvgIpc) is 3.11. The van der Waals surface area contributed by atoms with Gasteiger partial charge >= 0.3 is 0 Å². The standard InChI is InChI=1S/C21H28N4O2S/c1-5-24(6-2)11-8-10-15(4)22-19(26)17-13-16-20(28-17)23-18-14(3)9-7-12-25(18)21(16)27/h7,9,12-13,15H,5-6,8,10-11H2,1-4H3,(H,22,26)/t15-/m0/s1. The minimum absolute atomic E-state index is 0.0867. The van der Waals surface area contributed by atoms with Gasteiger partial charge in [0.15, 0.2) is 0 Å². The van der Waals surface area contributed by atoms with Crippen molar-refractivity contribution < 1.29 is 4.79 Å². The minimum Gasteiger partial charge on any atom is -0.349 e. The summed E-state index contributed by atoms with van der Waals surface area (Å²) < 4.78 is 1.54. The molecule has 0 radical (unpaired) electrons. The highest BCUT2D eigenvalue weighted by Gasteiger charge is 2.17. The fourth-order valence-electron chi connectivity index (χ4n) is 3.40. The molecule has 6 nitrogen and oxygen atoms in total. The summed E-state index contributed by atoms with van der Waals surface area (Å²) >= 11 is 1.28. The van der Waals surface area contributed by atoms with E-state index in [4.69, 9.17) is 0 Å². The summed E-state index contributed by atoms with van der Waals surface area (Å²) in [7, 11) is 0. The second kappa shape index (κ2) is 8.84. The van der Waals surface area contributed by atoms with Gasteiger partial charge in [0.05, 0.1) is 10.3 Å². The molecule has 0 saturated heterocycles. The van der Waals surface area contributed by atoms with Crippen LogP contribution in [-0.2, 0) is 0 Å². The molecule has 0 saturated carbocycles. The Balaban J connectivity index is 1.74. The molecule has 3 heterocycles. The Hall–Kier alpha value is -2.25. The smallest absolute Gasteiger partial charge is 0.266 e. The predicted molar refractivity (Wildman–Crippen MR) is 116 cm³/mol. The number of amides is 1. The number of thiophene rings is 1. The highest BCUT2D eigenvalue weighted by atomic mass is 32.1. The SMILES string of the molecule is CCN(CC)CCC[C@H](C)NC(=O)c1cc2c(=O)n3cccc(C)c3nc2s1. The van der Waals surface area contributed by atoms with Crippen LogP contribution in [0.5, 0.6) is 0 Å². The summed E-state index contributed by atoms with van der Waals surface area (Å²) in [5, 5.41) is 3.55. The van der Waals surface area contributed by atoms with Crippen molar-refractivity contribution in [3.8, 4) is 0 Å². The Morgan fingerprint density at radius 3 is 2.82 bits per heavy atom. The number of nitrogens with one attached hydrogen (secondary N) is 1. The zero-order valence-electron chi connectivity index (χ0n) is 17.0. The molecular formula is C21H28N4O2S. The van der Waals surface area contributed by atoms with Gasteiger partial charge in [0.1, 0.15) is 10.5 Å². The zero-order chi connectivity index (χ0) is 20.3. The molecule has 0 fully saturated rings. The van der Waals surface area contributed by atoms with E-state index < -0.39 is 0 Å². The molecule has 7 heteroatoms. The lowest BCUT2D eigenvalue weighted by molar-refractivity contribution is 0.0941. The van der Waals surface area contributed by atoms with Crippen molar-refractivity contribution >= 4 is 33.1 Å². The van der Waals surface area contributed by atoms with Crippen molar-refractivity contribution in [1.29, 1.82) is 0 Å². The number of aryl methyl sites for hydroxylation is 1. The molecule has 0 unspecified atom stereocenters. The van der Waals surface area contributed by atoms with Gasteiger partial charge in [-0.25, -0.2) is 4.98 Å². The Labute approximate surface area is 169 Å². The molecular weight excluding hydrogens is 372 g/mol. The van der Waals surface area contributed by atoms with Crippen molar-refractivity contribution in [3.05, 3.63) is 45.2 Å². The van der Waals surface area contributed by atoms with E-state index in [1.807, 2.05) is 26.0 Å². The maximum atomic E-state index is 12.8. The highest BCUT2D eigenvalue weighted by Crippen LogP contribution is 2.23. The number of aromatic nitrogens is 2. The second-order valence-corrected chi connectivity index (χ2v) is 8.21. The Kier molecular flexibility index (Phi) is 6.46. The summed E-state index contributed by atoms with van der Waals surface area (Å²) in [6.45, 7) is 11.4. The average molecular weight is 401 g/mol. The van der Waals surface area contributed by atoms with Crippen LogP contribution in [0.1, 0.15) is 48.8 Å². The summed E-state index contributed by atoms with van der Waals surface area (Å²) in [6.07, 6.45) is 3.69. The van der Waals surface area contributed by atoms with E-state index in [2.05, 4.69) is 29.0 Å². The van der Waals surface area contributed by atoms with Gasteiger partial charge < -0.3 is 10.2 Å². The quantitative estimate of drug-likeness (QED) is 0.629. The third-order valence-corrected chi connectivity index (χ3v) is 6.17.